The van der Waals surface area contributed by atoms with Crippen molar-refractivity contribution in [1.82, 2.24) is 10.2 Å². The fraction of sp³-hybridized carbons (Fsp3) is 0.440. The normalized spacial score (nSPS) is 13.2. The Hall–Kier alpha value is -3.27. The predicted octanol–water partition coefficient (Wildman–Crippen LogP) is 2.56. The molecule has 9 nitrogen and oxygen atoms in total. The standard InChI is InChI=1S/C25H33N3O6S/c1-4-14-26-25(30)21(5-2)27(15-13-19-9-7-6-8-10-19)24(29)17-28(35(3,31)32)20-11-12-22-23(16-20)34-18-33-22/h6-12,16,21H,4-5,13-15,17-18H2,1-3H3,(H,26,30)/t21-/m0/s1. The fourth-order valence-electron chi connectivity index (χ4n) is 3.92. The average Bonchev–Trinajstić information content (AvgIpc) is 3.31. The van der Waals surface area contributed by atoms with Crippen molar-refractivity contribution in [2.75, 3.05) is 37.0 Å². The lowest BCUT2D eigenvalue weighted by molar-refractivity contribution is -0.139. The van der Waals surface area contributed by atoms with Crippen molar-refractivity contribution in [3.05, 3.63) is 54.1 Å². The minimum absolute atomic E-state index is 0.0505. The van der Waals surface area contributed by atoms with Gasteiger partial charge in [0, 0.05) is 19.2 Å². The van der Waals surface area contributed by atoms with Crippen molar-refractivity contribution in [1.29, 1.82) is 0 Å². The van der Waals surface area contributed by atoms with Gasteiger partial charge in [-0.15, -0.1) is 0 Å². The Labute approximate surface area is 207 Å². The van der Waals surface area contributed by atoms with Crippen LogP contribution in [0, 0.1) is 0 Å². The van der Waals surface area contributed by atoms with Crippen LogP contribution in [-0.4, -0.2) is 63.9 Å². The highest BCUT2D eigenvalue weighted by atomic mass is 32.2. The van der Waals surface area contributed by atoms with Gasteiger partial charge in [-0.05, 0) is 37.0 Å². The Kier molecular flexibility index (Phi) is 8.97. The van der Waals surface area contributed by atoms with Gasteiger partial charge in [0.05, 0.1) is 11.9 Å². The van der Waals surface area contributed by atoms with Crippen LogP contribution in [0.3, 0.4) is 0 Å². The summed E-state index contributed by atoms with van der Waals surface area (Å²) in [7, 11) is -3.81. The quantitative estimate of drug-likeness (QED) is 0.477. The molecule has 2 aromatic carbocycles. The van der Waals surface area contributed by atoms with E-state index >= 15 is 0 Å². The van der Waals surface area contributed by atoms with Crippen molar-refractivity contribution in [2.45, 2.75) is 39.2 Å². The molecule has 1 N–H and O–H groups in total. The molecular weight excluding hydrogens is 470 g/mol. The summed E-state index contributed by atoms with van der Waals surface area (Å²) in [4.78, 5) is 28.0. The second-order valence-corrected chi connectivity index (χ2v) is 10.3. The summed E-state index contributed by atoms with van der Waals surface area (Å²) in [5, 5.41) is 2.87. The van der Waals surface area contributed by atoms with E-state index in [1.165, 1.54) is 11.0 Å². The first-order valence-corrected chi connectivity index (χ1v) is 13.6. The summed E-state index contributed by atoms with van der Waals surface area (Å²) in [5.41, 5.74) is 1.31. The smallest absolute Gasteiger partial charge is 0.244 e. The van der Waals surface area contributed by atoms with Crippen molar-refractivity contribution < 1.29 is 27.5 Å². The van der Waals surface area contributed by atoms with Crippen LogP contribution in [0.25, 0.3) is 0 Å². The summed E-state index contributed by atoms with van der Waals surface area (Å²) in [6.45, 7) is 4.18. The Morgan fingerprint density at radius 2 is 1.77 bits per heavy atom. The van der Waals surface area contributed by atoms with Crippen LogP contribution in [-0.2, 0) is 26.0 Å². The van der Waals surface area contributed by atoms with Gasteiger partial charge < -0.3 is 19.7 Å². The van der Waals surface area contributed by atoms with E-state index in [2.05, 4.69) is 5.32 Å². The van der Waals surface area contributed by atoms with E-state index in [4.69, 9.17) is 9.47 Å². The van der Waals surface area contributed by atoms with E-state index in [-0.39, 0.29) is 24.9 Å². The number of nitrogens with one attached hydrogen (secondary N) is 1. The zero-order valence-electron chi connectivity index (χ0n) is 20.4. The molecule has 0 radical (unpaired) electrons. The SMILES string of the molecule is CCCNC(=O)[C@H](CC)N(CCc1ccccc1)C(=O)CN(c1ccc2c(c1)OCO2)S(C)(=O)=O. The maximum atomic E-state index is 13.6. The molecule has 0 saturated carbocycles. The summed E-state index contributed by atoms with van der Waals surface area (Å²) >= 11 is 0. The molecule has 1 aliphatic heterocycles. The van der Waals surface area contributed by atoms with E-state index in [9.17, 15) is 18.0 Å². The molecule has 3 rings (SSSR count). The fourth-order valence-corrected chi connectivity index (χ4v) is 4.76. The number of carbonyl (C=O) groups excluding carboxylic acids is 2. The number of hydrogen-bond donors (Lipinski definition) is 1. The third-order valence-electron chi connectivity index (χ3n) is 5.74. The number of benzene rings is 2. The third kappa shape index (κ3) is 6.88. The van der Waals surface area contributed by atoms with Gasteiger partial charge in [-0.1, -0.05) is 44.2 Å². The van der Waals surface area contributed by atoms with Crippen LogP contribution < -0.4 is 19.1 Å². The number of nitrogens with zero attached hydrogens (tertiary/aromatic N) is 2. The molecule has 2 aromatic rings. The van der Waals surface area contributed by atoms with Crippen molar-refractivity contribution in [3.63, 3.8) is 0 Å². The number of carbonyl (C=O) groups is 2. The number of anilines is 1. The maximum Gasteiger partial charge on any atom is 0.244 e. The van der Waals surface area contributed by atoms with Crippen LogP contribution in [0.1, 0.15) is 32.3 Å². The maximum absolute atomic E-state index is 13.6. The Morgan fingerprint density at radius 3 is 2.43 bits per heavy atom. The van der Waals surface area contributed by atoms with Gasteiger partial charge in [-0.25, -0.2) is 8.42 Å². The number of sulfonamides is 1. The highest BCUT2D eigenvalue weighted by Gasteiger charge is 2.31. The molecule has 1 atom stereocenters. The van der Waals surface area contributed by atoms with Gasteiger partial charge in [0.1, 0.15) is 12.6 Å². The van der Waals surface area contributed by atoms with E-state index in [0.29, 0.717) is 30.9 Å². The summed E-state index contributed by atoms with van der Waals surface area (Å²) in [5.74, 6) is 0.221. The van der Waals surface area contributed by atoms with Crippen LogP contribution in [0.4, 0.5) is 5.69 Å². The van der Waals surface area contributed by atoms with E-state index in [1.54, 1.807) is 12.1 Å². The van der Waals surface area contributed by atoms with Crippen molar-refractivity contribution in [3.8, 4) is 11.5 Å². The number of fused-ring (bicyclic) bond motifs is 1. The molecule has 0 unspecified atom stereocenters. The zero-order chi connectivity index (χ0) is 25.4. The van der Waals surface area contributed by atoms with E-state index < -0.39 is 28.5 Å². The van der Waals surface area contributed by atoms with Gasteiger partial charge in [0.25, 0.3) is 0 Å². The minimum Gasteiger partial charge on any atom is -0.454 e. The average molecular weight is 504 g/mol. The van der Waals surface area contributed by atoms with Gasteiger partial charge in [-0.3, -0.25) is 13.9 Å². The zero-order valence-corrected chi connectivity index (χ0v) is 21.2. The monoisotopic (exact) mass is 503 g/mol. The molecule has 0 aliphatic carbocycles. The highest BCUT2D eigenvalue weighted by Crippen LogP contribution is 2.36. The number of hydrogen-bond acceptors (Lipinski definition) is 6. The molecule has 35 heavy (non-hydrogen) atoms. The molecule has 1 heterocycles. The first kappa shape index (κ1) is 26.3. The molecule has 0 saturated heterocycles. The second-order valence-electron chi connectivity index (χ2n) is 8.35. The number of amides is 2. The van der Waals surface area contributed by atoms with Gasteiger partial charge in [0.2, 0.25) is 28.6 Å². The Bertz CT molecular complexity index is 1120. The molecule has 0 fully saturated rings. The Balaban J connectivity index is 1.87. The van der Waals surface area contributed by atoms with Gasteiger partial charge >= 0.3 is 0 Å². The van der Waals surface area contributed by atoms with Crippen LogP contribution in [0.15, 0.2) is 48.5 Å². The molecule has 0 bridgehead atoms. The number of ether oxygens (including phenoxy) is 2. The molecular formula is C25H33N3O6S. The summed E-state index contributed by atoms with van der Waals surface area (Å²) < 4.78 is 37.1. The molecule has 1 aliphatic rings. The van der Waals surface area contributed by atoms with Crippen molar-refractivity contribution >= 4 is 27.5 Å². The van der Waals surface area contributed by atoms with Gasteiger partial charge in [-0.2, -0.15) is 0 Å². The molecule has 10 heteroatoms. The minimum atomic E-state index is -3.81. The van der Waals surface area contributed by atoms with Crippen LogP contribution >= 0.6 is 0 Å². The van der Waals surface area contributed by atoms with Gasteiger partial charge in [0.15, 0.2) is 11.5 Å². The predicted molar refractivity (Wildman–Crippen MR) is 134 cm³/mol. The van der Waals surface area contributed by atoms with Crippen LogP contribution in [0.5, 0.6) is 11.5 Å². The lowest BCUT2D eigenvalue weighted by Gasteiger charge is -2.32. The topological polar surface area (TPSA) is 105 Å². The lowest BCUT2D eigenvalue weighted by Crippen LogP contribution is -2.53. The summed E-state index contributed by atoms with van der Waals surface area (Å²) in [6, 6.07) is 13.7. The van der Waals surface area contributed by atoms with E-state index in [1.807, 2.05) is 44.2 Å². The highest BCUT2D eigenvalue weighted by molar-refractivity contribution is 7.92. The molecule has 0 spiro atoms. The molecule has 0 aromatic heterocycles. The largest absolute Gasteiger partial charge is 0.454 e. The second kappa shape index (κ2) is 11.9. The first-order valence-electron chi connectivity index (χ1n) is 11.7. The lowest BCUT2D eigenvalue weighted by atomic mass is 10.1. The van der Waals surface area contributed by atoms with E-state index in [0.717, 1.165) is 22.5 Å². The molecule has 2 amide bonds. The van der Waals surface area contributed by atoms with Crippen LogP contribution in [0.2, 0.25) is 0 Å². The third-order valence-corrected chi connectivity index (χ3v) is 6.88. The first-order chi connectivity index (χ1) is 16.7. The number of rotatable bonds is 12. The summed E-state index contributed by atoms with van der Waals surface area (Å²) in [6.07, 6.45) is 2.75. The van der Waals surface area contributed by atoms with Crippen molar-refractivity contribution in [2.24, 2.45) is 0 Å². The molecule has 190 valence electrons. The Morgan fingerprint density at radius 1 is 1.06 bits per heavy atom.